The molecule has 4 aromatic rings. The summed E-state index contributed by atoms with van der Waals surface area (Å²) in [7, 11) is 2.13. The number of carbonyl (C=O) groups is 1. The lowest BCUT2D eigenvalue weighted by atomic mass is 9.95. The third kappa shape index (κ3) is 6.05. The summed E-state index contributed by atoms with van der Waals surface area (Å²) in [6.07, 6.45) is 5.52. The van der Waals surface area contributed by atoms with Crippen LogP contribution in [-0.2, 0) is 32.5 Å². The van der Waals surface area contributed by atoms with E-state index in [1.165, 1.54) is 6.07 Å². The molecule has 0 saturated carbocycles. The van der Waals surface area contributed by atoms with Crippen molar-refractivity contribution >= 4 is 28.2 Å². The van der Waals surface area contributed by atoms with Gasteiger partial charge in [-0.2, -0.15) is 15.1 Å². The lowest BCUT2D eigenvalue weighted by molar-refractivity contribution is 0.0466. The molecule has 56 heavy (non-hydrogen) atoms. The molecule has 4 fully saturated rings. The maximum Gasteiger partial charge on any atom is 0.318 e. The fourth-order valence-corrected chi connectivity index (χ4v) is 11.0. The van der Waals surface area contributed by atoms with Gasteiger partial charge in [-0.1, -0.05) is 13.0 Å². The number of nitrogens with zero attached hydrogens (tertiary/aromatic N) is 9. The number of hydrogen-bond acceptors (Lipinski definition) is 10. The number of aromatic hydroxyl groups is 1. The van der Waals surface area contributed by atoms with E-state index in [0.29, 0.717) is 69.9 Å². The van der Waals surface area contributed by atoms with Gasteiger partial charge in [0.25, 0.3) is 5.91 Å². The van der Waals surface area contributed by atoms with Gasteiger partial charge in [-0.25, -0.2) is 8.78 Å². The van der Waals surface area contributed by atoms with Crippen LogP contribution < -0.4 is 14.5 Å². The topological polar surface area (TPSA) is 106 Å². The first kappa shape index (κ1) is 35.8. The van der Waals surface area contributed by atoms with E-state index in [9.17, 15) is 14.3 Å². The lowest BCUT2D eigenvalue weighted by Crippen LogP contribution is -2.54. The average molecular weight is 768 g/mol. The van der Waals surface area contributed by atoms with E-state index in [4.69, 9.17) is 19.8 Å². The number of halogens is 2. The van der Waals surface area contributed by atoms with Crippen LogP contribution in [0.3, 0.4) is 0 Å². The van der Waals surface area contributed by atoms with Crippen LogP contribution in [0, 0.1) is 5.82 Å². The molecule has 0 spiro atoms. The molecular formula is C42H51F2N9O3. The Morgan fingerprint density at radius 3 is 2.66 bits per heavy atom. The third-order valence-electron chi connectivity index (χ3n) is 13.5. The molecule has 2 aromatic carbocycles. The van der Waals surface area contributed by atoms with E-state index in [-0.39, 0.29) is 41.1 Å². The van der Waals surface area contributed by atoms with Crippen LogP contribution in [0.15, 0.2) is 30.3 Å². The zero-order chi connectivity index (χ0) is 38.3. The average Bonchev–Trinajstić information content (AvgIpc) is 3.89. The smallest absolute Gasteiger partial charge is 0.318 e. The molecule has 2 bridgehead atoms. The highest BCUT2D eigenvalue weighted by atomic mass is 19.1. The first-order chi connectivity index (χ1) is 27.2. The summed E-state index contributed by atoms with van der Waals surface area (Å²) < 4.78 is 38.4. The van der Waals surface area contributed by atoms with Crippen molar-refractivity contribution in [2.45, 2.75) is 102 Å². The Bertz CT molecular complexity index is 2180. The van der Waals surface area contributed by atoms with Crippen LogP contribution in [-0.4, -0.2) is 122 Å². The largest absolute Gasteiger partial charge is 0.508 e. The van der Waals surface area contributed by atoms with E-state index in [0.717, 1.165) is 97.5 Å². The Morgan fingerprint density at radius 1 is 1.00 bits per heavy atom. The Morgan fingerprint density at radius 2 is 1.84 bits per heavy atom. The minimum absolute atomic E-state index is 0.0289. The molecule has 10 rings (SSSR count). The van der Waals surface area contributed by atoms with Gasteiger partial charge < -0.3 is 29.4 Å². The summed E-state index contributed by atoms with van der Waals surface area (Å²) in [4.78, 5) is 35.2. The minimum Gasteiger partial charge on any atom is -0.508 e. The monoisotopic (exact) mass is 767 g/mol. The Kier molecular flexibility index (Phi) is 8.84. The number of phenolic OH excluding ortho intramolecular Hbond substituents is 1. The highest BCUT2D eigenvalue weighted by molar-refractivity contribution is 5.98. The zero-order valence-corrected chi connectivity index (χ0v) is 32.4. The molecular weight excluding hydrogens is 717 g/mol. The number of alkyl halides is 1. The number of rotatable bonds is 7. The van der Waals surface area contributed by atoms with Gasteiger partial charge in [0.15, 0.2) is 5.69 Å². The molecule has 1 N–H and O–H groups in total. The number of aryl methyl sites for hydroxylation is 2. The van der Waals surface area contributed by atoms with Gasteiger partial charge in [0.2, 0.25) is 0 Å². The van der Waals surface area contributed by atoms with Crippen molar-refractivity contribution in [1.82, 2.24) is 34.4 Å². The van der Waals surface area contributed by atoms with Crippen molar-refractivity contribution in [3.8, 4) is 11.8 Å². The number of anilines is 2. The van der Waals surface area contributed by atoms with Crippen molar-refractivity contribution in [3.63, 3.8) is 0 Å². The van der Waals surface area contributed by atoms with Crippen LogP contribution >= 0.6 is 0 Å². The number of aromatic nitrogens is 4. The summed E-state index contributed by atoms with van der Waals surface area (Å²) in [6, 6.07) is 9.33. The Balaban J connectivity index is 0.990. The molecule has 0 radical (unpaired) electrons. The molecule has 2 unspecified atom stereocenters. The highest BCUT2D eigenvalue weighted by Crippen LogP contribution is 2.42. The molecule has 0 aliphatic carbocycles. The van der Waals surface area contributed by atoms with Crippen LogP contribution in [0.2, 0.25) is 0 Å². The van der Waals surface area contributed by atoms with Gasteiger partial charge in [-0.15, -0.1) is 0 Å². The van der Waals surface area contributed by atoms with Gasteiger partial charge >= 0.3 is 6.01 Å². The van der Waals surface area contributed by atoms with Gasteiger partial charge in [-0.3, -0.25) is 14.4 Å². The molecule has 6 aliphatic rings. The summed E-state index contributed by atoms with van der Waals surface area (Å²) in [5, 5.41) is 17.3. The van der Waals surface area contributed by atoms with Crippen LogP contribution in [0.25, 0.3) is 10.8 Å². The first-order valence-electron chi connectivity index (χ1n) is 20.6. The van der Waals surface area contributed by atoms with Crippen LogP contribution in [0.1, 0.15) is 78.5 Å². The molecule has 2 aromatic heterocycles. The van der Waals surface area contributed by atoms with Crippen molar-refractivity contribution in [3.05, 3.63) is 64.4 Å². The van der Waals surface area contributed by atoms with Crippen LogP contribution in [0.5, 0.6) is 11.8 Å². The van der Waals surface area contributed by atoms with Gasteiger partial charge in [0.05, 0.1) is 30.0 Å². The molecule has 296 valence electrons. The normalized spacial score (nSPS) is 26.4. The maximum atomic E-state index is 15.2. The Hall–Kier alpha value is -4.56. The maximum absolute atomic E-state index is 15.2. The quantitative estimate of drug-likeness (QED) is 0.274. The summed E-state index contributed by atoms with van der Waals surface area (Å²) in [6.45, 7) is 8.37. The zero-order valence-electron chi connectivity index (χ0n) is 32.4. The molecule has 12 nitrogen and oxygen atoms in total. The number of ether oxygens (including phenoxy) is 1. The standard InChI is InChI=1S/C42H51F2N9O3/c1-3-32-34(44)9-6-26-16-31(54)18-37(38(26)32)49-15-10-33-36(24-49)45-41(56-25-42-11-4-13-51(42)20-27(43)19-42)46-39(33)50-12-5-14-52-30(23-50)17-35(47-52)40(55)53-28-7-8-29(53)22-48(2)21-28/h6,9,16-18,27-29,54H,3-5,7-8,10-15,19-25H2,1-2H3/t27-,28?,29?,42+/m1/s1. The number of likely N-dealkylation sites (N-methyl/N-ethyl adjacent to an activating group) is 1. The van der Waals surface area contributed by atoms with Crippen LogP contribution in [0.4, 0.5) is 20.3 Å². The van der Waals surface area contributed by atoms with E-state index < -0.39 is 6.17 Å². The molecule has 4 saturated heterocycles. The second-order valence-corrected chi connectivity index (χ2v) is 17.1. The highest BCUT2D eigenvalue weighted by Gasteiger charge is 2.49. The molecule has 4 atom stereocenters. The van der Waals surface area contributed by atoms with Crippen molar-refractivity contribution in [1.29, 1.82) is 0 Å². The number of phenols is 1. The van der Waals surface area contributed by atoms with Gasteiger partial charge in [0.1, 0.15) is 30.2 Å². The van der Waals surface area contributed by atoms with Crippen molar-refractivity contribution < 1.29 is 23.4 Å². The fourth-order valence-electron chi connectivity index (χ4n) is 11.0. The summed E-state index contributed by atoms with van der Waals surface area (Å²) >= 11 is 0. The lowest BCUT2D eigenvalue weighted by Gasteiger charge is -2.39. The number of carbonyl (C=O) groups excluding carboxylic acids is 1. The molecule has 1 amide bonds. The van der Waals surface area contributed by atoms with E-state index in [1.807, 2.05) is 17.7 Å². The van der Waals surface area contributed by atoms with E-state index >= 15 is 4.39 Å². The fraction of sp³-hybridized carbons (Fsp3) is 0.571. The predicted octanol–water partition coefficient (Wildman–Crippen LogP) is 5.08. The van der Waals surface area contributed by atoms with Crippen molar-refractivity contribution in [2.24, 2.45) is 0 Å². The minimum atomic E-state index is -0.868. The van der Waals surface area contributed by atoms with E-state index in [2.05, 4.69) is 31.5 Å². The number of fused-ring (bicyclic) bond motifs is 6. The van der Waals surface area contributed by atoms with Gasteiger partial charge in [-0.05, 0) is 87.7 Å². The SMILES string of the molecule is CCc1c(F)ccc2cc(O)cc(N3CCc4c(nc(OC[C@@]56CCCN5C[C@H](F)C6)nc4N4CCCn5nc(C(=O)N6C7CCC6CN(C)C7)cc5C4)C3)c12. The molecule has 14 heteroatoms. The van der Waals surface area contributed by atoms with Gasteiger partial charge in [0, 0.05) is 80.5 Å². The molecule has 8 heterocycles. The number of benzene rings is 2. The number of piperazine rings is 1. The number of hydrogen-bond donors (Lipinski definition) is 1. The summed E-state index contributed by atoms with van der Waals surface area (Å²) in [5.41, 5.74) is 4.37. The van der Waals surface area contributed by atoms with E-state index in [1.54, 1.807) is 18.2 Å². The first-order valence-corrected chi connectivity index (χ1v) is 20.6. The third-order valence-corrected chi connectivity index (χ3v) is 13.5. The predicted molar refractivity (Wildman–Crippen MR) is 209 cm³/mol. The van der Waals surface area contributed by atoms with Crippen molar-refractivity contribution in [2.75, 3.05) is 62.7 Å². The number of amides is 1. The second-order valence-electron chi connectivity index (χ2n) is 17.1. The molecule has 6 aliphatic heterocycles. The summed E-state index contributed by atoms with van der Waals surface area (Å²) in [5.74, 6) is 0.706. The second kappa shape index (κ2) is 13.8. The Labute approximate surface area is 326 Å². The number of likely N-dealkylation sites (tertiary alicyclic amines) is 1.